The van der Waals surface area contributed by atoms with E-state index in [1.54, 1.807) is 6.07 Å². The minimum Gasteiger partial charge on any atom is -0.307 e. The van der Waals surface area contributed by atoms with Crippen LogP contribution in [-0.2, 0) is 25.4 Å². The highest BCUT2D eigenvalue weighted by Crippen LogP contribution is 2.36. The van der Waals surface area contributed by atoms with E-state index in [-0.39, 0.29) is 24.7 Å². The molecule has 0 atom stereocenters. The number of hydrogen-bond acceptors (Lipinski definition) is 2. The van der Waals surface area contributed by atoms with Gasteiger partial charge >= 0.3 is 12.4 Å². The molecule has 0 saturated carbocycles. The highest BCUT2D eigenvalue weighted by molar-refractivity contribution is 5.81. The number of fused-ring (bicyclic) bond motifs is 1. The minimum atomic E-state index is -4.85. The van der Waals surface area contributed by atoms with E-state index in [0.717, 1.165) is 28.6 Å². The van der Waals surface area contributed by atoms with Crippen LogP contribution in [0.5, 0.6) is 0 Å². The summed E-state index contributed by atoms with van der Waals surface area (Å²) in [5.41, 5.74) is -0.312. The molecule has 0 saturated heterocycles. The predicted molar refractivity (Wildman–Crippen MR) is 93.5 cm³/mol. The Balaban J connectivity index is 1.78. The summed E-state index contributed by atoms with van der Waals surface area (Å²) in [6, 6.07) is 10.9. The van der Waals surface area contributed by atoms with Gasteiger partial charge in [0.1, 0.15) is 0 Å². The van der Waals surface area contributed by atoms with Crippen molar-refractivity contribution in [2.24, 2.45) is 0 Å². The number of aromatic nitrogens is 1. The number of pyridine rings is 1. The van der Waals surface area contributed by atoms with E-state index in [1.165, 1.54) is 0 Å². The van der Waals surface area contributed by atoms with Crippen LogP contribution in [0.15, 0.2) is 48.5 Å². The van der Waals surface area contributed by atoms with Crippen LogP contribution in [0.4, 0.5) is 26.3 Å². The van der Waals surface area contributed by atoms with Gasteiger partial charge in [-0.3, -0.25) is 4.98 Å². The Labute approximate surface area is 157 Å². The number of para-hydroxylation sites is 1. The zero-order chi connectivity index (χ0) is 20.5. The summed E-state index contributed by atoms with van der Waals surface area (Å²) in [5.74, 6) is 0. The van der Waals surface area contributed by atoms with Crippen LogP contribution >= 0.6 is 0 Å². The molecule has 0 bridgehead atoms. The molecule has 1 aromatic heterocycles. The number of hydrogen-bond donors (Lipinski definition) is 1. The van der Waals surface area contributed by atoms with Crippen molar-refractivity contribution in [1.29, 1.82) is 0 Å². The first-order chi connectivity index (χ1) is 13.0. The fourth-order valence-corrected chi connectivity index (χ4v) is 2.89. The lowest BCUT2D eigenvalue weighted by Crippen LogP contribution is -2.17. The largest absolute Gasteiger partial charge is 0.416 e. The number of halogens is 6. The summed E-state index contributed by atoms with van der Waals surface area (Å²) in [6.07, 6.45) is -9.71. The number of alkyl halides is 6. The van der Waals surface area contributed by atoms with E-state index in [1.807, 2.05) is 31.2 Å². The Hall–Kier alpha value is -2.61. The maximum absolute atomic E-state index is 12.9. The van der Waals surface area contributed by atoms with Gasteiger partial charge < -0.3 is 5.32 Å². The van der Waals surface area contributed by atoms with Gasteiger partial charge in [0.05, 0.1) is 22.3 Å². The van der Waals surface area contributed by atoms with Gasteiger partial charge in [-0.05, 0) is 42.3 Å². The normalized spacial score (nSPS) is 12.5. The number of aryl methyl sites for hydroxylation is 1. The van der Waals surface area contributed by atoms with Crippen LogP contribution in [0.3, 0.4) is 0 Å². The molecule has 0 aliphatic heterocycles. The Morgan fingerprint density at radius 2 is 1.46 bits per heavy atom. The summed E-state index contributed by atoms with van der Waals surface area (Å²) in [7, 11) is 0. The average Bonchev–Trinajstić information content (AvgIpc) is 2.61. The standard InChI is InChI=1S/C20H16F6N2/c1-12-3-2-4-14-5-6-17(28-18(12)14)11-27-10-13-7-15(19(21,22)23)9-16(8-13)20(24,25)26/h2-9,27H,10-11H2,1H3. The molecule has 0 fully saturated rings. The van der Waals surface area contributed by atoms with Crippen molar-refractivity contribution in [3.05, 3.63) is 76.5 Å². The molecule has 3 aromatic rings. The third-order valence-corrected chi connectivity index (χ3v) is 4.26. The Kier molecular flexibility index (Phi) is 5.34. The lowest BCUT2D eigenvalue weighted by molar-refractivity contribution is -0.143. The molecule has 1 N–H and O–H groups in total. The third-order valence-electron chi connectivity index (χ3n) is 4.26. The summed E-state index contributed by atoms with van der Waals surface area (Å²) in [4.78, 5) is 4.50. The molecule has 0 radical (unpaired) electrons. The fraction of sp³-hybridized carbons (Fsp3) is 0.250. The Morgan fingerprint density at radius 1 is 0.821 bits per heavy atom. The van der Waals surface area contributed by atoms with E-state index in [9.17, 15) is 26.3 Å². The van der Waals surface area contributed by atoms with Gasteiger partial charge in [0, 0.05) is 18.5 Å². The molecule has 28 heavy (non-hydrogen) atoms. The van der Waals surface area contributed by atoms with E-state index in [4.69, 9.17) is 0 Å². The van der Waals surface area contributed by atoms with Crippen LogP contribution in [0.2, 0.25) is 0 Å². The van der Waals surface area contributed by atoms with Crippen LogP contribution in [0.1, 0.15) is 27.9 Å². The van der Waals surface area contributed by atoms with Crippen molar-refractivity contribution in [1.82, 2.24) is 10.3 Å². The van der Waals surface area contributed by atoms with Gasteiger partial charge in [-0.2, -0.15) is 26.3 Å². The molecular weight excluding hydrogens is 382 g/mol. The quantitative estimate of drug-likeness (QED) is 0.556. The monoisotopic (exact) mass is 398 g/mol. The van der Waals surface area contributed by atoms with Crippen molar-refractivity contribution in [2.75, 3.05) is 0 Å². The van der Waals surface area contributed by atoms with Crippen molar-refractivity contribution in [2.45, 2.75) is 32.4 Å². The van der Waals surface area contributed by atoms with Crippen molar-refractivity contribution < 1.29 is 26.3 Å². The number of nitrogens with one attached hydrogen (secondary N) is 1. The first-order valence-corrected chi connectivity index (χ1v) is 8.38. The molecule has 1 heterocycles. The van der Waals surface area contributed by atoms with Crippen molar-refractivity contribution >= 4 is 10.9 Å². The SMILES string of the molecule is Cc1cccc2ccc(CNCc3cc(C(F)(F)F)cc(C(F)(F)F)c3)nc12. The van der Waals surface area contributed by atoms with Gasteiger partial charge in [0.25, 0.3) is 0 Å². The number of nitrogens with zero attached hydrogens (tertiary/aromatic N) is 1. The number of benzene rings is 2. The molecule has 0 aliphatic carbocycles. The molecule has 148 valence electrons. The zero-order valence-electron chi connectivity index (χ0n) is 14.7. The molecular formula is C20H16F6N2. The predicted octanol–water partition coefficient (Wildman–Crippen LogP) is 5.87. The molecule has 8 heteroatoms. The molecule has 0 unspecified atom stereocenters. The smallest absolute Gasteiger partial charge is 0.307 e. The van der Waals surface area contributed by atoms with Gasteiger partial charge in [-0.25, -0.2) is 0 Å². The summed E-state index contributed by atoms with van der Waals surface area (Å²) in [5, 5.41) is 3.82. The molecule has 3 rings (SSSR count). The summed E-state index contributed by atoms with van der Waals surface area (Å²) in [6.45, 7) is 1.97. The van der Waals surface area contributed by atoms with Crippen LogP contribution in [0, 0.1) is 6.92 Å². The van der Waals surface area contributed by atoms with Gasteiger partial charge in [-0.1, -0.05) is 24.3 Å². The second kappa shape index (κ2) is 7.43. The zero-order valence-corrected chi connectivity index (χ0v) is 14.7. The molecule has 0 aliphatic rings. The van der Waals surface area contributed by atoms with Gasteiger partial charge in [-0.15, -0.1) is 0 Å². The van der Waals surface area contributed by atoms with Crippen LogP contribution < -0.4 is 5.32 Å². The Bertz CT molecular complexity index is 960. The first-order valence-electron chi connectivity index (χ1n) is 8.38. The number of rotatable bonds is 4. The second-order valence-electron chi connectivity index (χ2n) is 6.47. The average molecular weight is 398 g/mol. The third kappa shape index (κ3) is 4.62. The van der Waals surface area contributed by atoms with Crippen molar-refractivity contribution in [3.63, 3.8) is 0 Å². The van der Waals surface area contributed by atoms with Gasteiger partial charge in [0.15, 0.2) is 0 Å². The summed E-state index contributed by atoms with van der Waals surface area (Å²) >= 11 is 0. The lowest BCUT2D eigenvalue weighted by atomic mass is 10.0. The van der Waals surface area contributed by atoms with E-state index in [0.29, 0.717) is 5.69 Å². The molecule has 2 nitrogen and oxygen atoms in total. The first kappa shape index (κ1) is 20.1. The Morgan fingerprint density at radius 3 is 2.07 bits per heavy atom. The van der Waals surface area contributed by atoms with Crippen molar-refractivity contribution in [3.8, 4) is 0 Å². The lowest BCUT2D eigenvalue weighted by Gasteiger charge is -2.14. The molecule has 0 amide bonds. The fourth-order valence-electron chi connectivity index (χ4n) is 2.89. The second-order valence-corrected chi connectivity index (χ2v) is 6.47. The van der Waals surface area contributed by atoms with Gasteiger partial charge in [0.2, 0.25) is 0 Å². The van der Waals surface area contributed by atoms with E-state index < -0.39 is 23.5 Å². The van der Waals surface area contributed by atoms with Crippen LogP contribution in [0.25, 0.3) is 10.9 Å². The maximum atomic E-state index is 12.9. The minimum absolute atomic E-state index is 0.0980. The topological polar surface area (TPSA) is 24.9 Å². The highest BCUT2D eigenvalue weighted by Gasteiger charge is 2.36. The van der Waals surface area contributed by atoms with Crippen LogP contribution in [-0.4, -0.2) is 4.98 Å². The maximum Gasteiger partial charge on any atom is 0.416 e. The molecule has 2 aromatic carbocycles. The van der Waals surface area contributed by atoms with E-state index >= 15 is 0 Å². The highest BCUT2D eigenvalue weighted by atomic mass is 19.4. The summed E-state index contributed by atoms with van der Waals surface area (Å²) < 4.78 is 77.5. The van der Waals surface area contributed by atoms with E-state index in [2.05, 4.69) is 10.3 Å². The molecule has 0 spiro atoms.